The highest BCUT2D eigenvalue weighted by Crippen LogP contribution is 2.29. The third-order valence-corrected chi connectivity index (χ3v) is 5.37. The van der Waals surface area contributed by atoms with Crippen molar-refractivity contribution < 1.29 is 4.79 Å². The number of carbonyl (C=O) groups excluding carboxylic acids is 1. The fraction of sp³-hybridized carbons (Fsp3) is 0.500. The van der Waals surface area contributed by atoms with Crippen LogP contribution in [0.25, 0.3) is 0 Å². The number of thioether (sulfide) groups is 1. The zero-order valence-corrected chi connectivity index (χ0v) is 15.1. The molecule has 0 unspecified atom stereocenters. The molecule has 0 aliphatic carbocycles. The second kappa shape index (κ2) is 7.95. The van der Waals surface area contributed by atoms with E-state index in [4.69, 9.17) is 28.5 Å². The van der Waals surface area contributed by atoms with Gasteiger partial charge in [-0.25, -0.2) is 0 Å². The van der Waals surface area contributed by atoms with E-state index in [1.54, 1.807) is 6.92 Å². The van der Waals surface area contributed by atoms with Gasteiger partial charge in [0.15, 0.2) is 5.17 Å². The van der Waals surface area contributed by atoms with Gasteiger partial charge in [0.1, 0.15) is 5.69 Å². The topological polar surface area (TPSA) is 84.3 Å². The number of H-pyrrole nitrogens is 1. The van der Waals surface area contributed by atoms with Crippen LogP contribution in [0.4, 0.5) is 0 Å². The van der Waals surface area contributed by atoms with Gasteiger partial charge in [-0.2, -0.15) is 5.26 Å². The Morgan fingerprint density at radius 3 is 2.57 bits per heavy atom. The molecule has 1 aromatic heterocycles. The van der Waals surface area contributed by atoms with Crippen molar-refractivity contribution in [2.75, 3.05) is 19.3 Å². The maximum atomic E-state index is 12.3. The number of halogens is 2. The highest BCUT2D eigenvalue weighted by Gasteiger charge is 2.25. The summed E-state index contributed by atoms with van der Waals surface area (Å²) in [6.45, 7) is 3.25. The van der Waals surface area contributed by atoms with Crippen molar-refractivity contribution in [1.29, 1.82) is 5.26 Å². The number of amides is 1. The molecule has 1 fully saturated rings. The quantitative estimate of drug-likeness (QED) is 0.474. The lowest BCUT2D eigenvalue weighted by molar-refractivity contribution is 0.0918. The van der Waals surface area contributed by atoms with Gasteiger partial charge in [-0.05, 0) is 26.0 Å². The second-order valence-corrected chi connectivity index (χ2v) is 6.72. The highest BCUT2D eigenvalue weighted by molar-refractivity contribution is 8.13. The van der Waals surface area contributed by atoms with Crippen molar-refractivity contribution in [2.24, 2.45) is 4.99 Å². The summed E-state index contributed by atoms with van der Waals surface area (Å²) in [6.07, 6.45) is 5.27. The zero-order valence-electron chi connectivity index (χ0n) is 12.8. The Balaban J connectivity index is 1.94. The van der Waals surface area contributed by atoms with E-state index in [9.17, 15) is 4.79 Å². The summed E-state index contributed by atoms with van der Waals surface area (Å²) in [4.78, 5) is 21.1. The van der Waals surface area contributed by atoms with Crippen LogP contribution < -0.4 is 5.32 Å². The summed E-state index contributed by atoms with van der Waals surface area (Å²) in [5, 5.41) is 13.0. The first-order valence-corrected chi connectivity index (χ1v) is 9.06. The van der Waals surface area contributed by atoms with Gasteiger partial charge in [-0.3, -0.25) is 4.79 Å². The molecule has 2 rings (SSSR count). The molecule has 0 bridgehead atoms. The van der Waals surface area contributed by atoms with Crippen LogP contribution in [0.1, 0.15) is 29.0 Å². The summed E-state index contributed by atoms with van der Waals surface area (Å²) in [5.74, 6) is -0.251. The maximum absolute atomic E-state index is 12.3. The summed E-state index contributed by atoms with van der Waals surface area (Å²) < 4.78 is 0. The van der Waals surface area contributed by atoms with Crippen LogP contribution in [0.15, 0.2) is 4.99 Å². The van der Waals surface area contributed by atoms with E-state index >= 15 is 0 Å². The largest absolute Gasteiger partial charge is 0.352 e. The molecule has 0 spiro atoms. The van der Waals surface area contributed by atoms with E-state index in [2.05, 4.69) is 20.2 Å². The fourth-order valence-electron chi connectivity index (χ4n) is 2.49. The molecule has 2 N–H and O–H groups in total. The monoisotopic (exact) mass is 373 g/mol. The number of aromatic nitrogens is 1. The third-order valence-electron chi connectivity index (χ3n) is 3.71. The summed E-state index contributed by atoms with van der Waals surface area (Å²) in [5.41, 5.74) is 0.974. The molecule has 1 aliphatic heterocycles. The normalized spacial score (nSPS) is 16.3. The summed E-state index contributed by atoms with van der Waals surface area (Å²) >= 11 is 13.5. The van der Waals surface area contributed by atoms with Gasteiger partial charge in [-0.15, -0.1) is 4.99 Å². The first-order chi connectivity index (χ1) is 11.0. The van der Waals surface area contributed by atoms with Crippen molar-refractivity contribution in [3.8, 4) is 6.19 Å². The Labute approximate surface area is 149 Å². The molecule has 124 valence electrons. The van der Waals surface area contributed by atoms with Gasteiger partial charge in [0, 0.05) is 24.8 Å². The lowest BCUT2D eigenvalue weighted by Gasteiger charge is -2.33. The molecule has 1 amide bonds. The molecular weight excluding hydrogens is 357 g/mol. The molecule has 1 aromatic rings. The molecular formula is C14H17Cl2N5OS. The smallest absolute Gasteiger partial charge is 0.269 e. The van der Waals surface area contributed by atoms with Crippen LogP contribution >= 0.6 is 35.0 Å². The summed E-state index contributed by atoms with van der Waals surface area (Å²) in [7, 11) is 0. The van der Waals surface area contributed by atoms with E-state index in [1.165, 1.54) is 11.8 Å². The Morgan fingerprint density at radius 1 is 1.43 bits per heavy atom. The highest BCUT2D eigenvalue weighted by atomic mass is 35.5. The number of likely N-dealkylation sites (tertiary alicyclic amines) is 1. The van der Waals surface area contributed by atoms with E-state index < -0.39 is 0 Å². The average Bonchev–Trinajstić information content (AvgIpc) is 2.81. The predicted octanol–water partition coefficient (Wildman–Crippen LogP) is 3.02. The summed E-state index contributed by atoms with van der Waals surface area (Å²) in [6, 6.07) is 0.0578. The van der Waals surface area contributed by atoms with Crippen LogP contribution in [0, 0.1) is 18.4 Å². The number of piperidine rings is 1. The van der Waals surface area contributed by atoms with E-state index in [0.717, 1.165) is 25.9 Å². The molecule has 0 aromatic carbocycles. The first kappa shape index (κ1) is 18.0. The Bertz CT molecular complexity index is 659. The van der Waals surface area contributed by atoms with Gasteiger partial charge >= 0.3 is 0 Å². The molecule has 9 heteroatoms. The lowest BCUT2D eigenvalue weighted by atomic mass is 10.1. The van der Waals surface area contributed by atoms with Crippen LogP contribution in [-0.4, -0.2) is 46.3 Å². The minimum Gasteiger partial charge on any atom is -0.352 e. The number of aromatic amines is 1. The number of aryl methyl sites for hydroxylation is 1. The minimum absolute atomic E-state index is 0.0578. The molecule has 0 radical (unpaired) electrons. The first-order valence-electron chi connectivity index (χ1n) is 7.08. The Morgan fingerprint density at radius 2 is 2.09 bits per heavy atom. The third kappa shape index (κ3) is 4.14. The van der Waals surface area contributed by atoms with Crippen molar-refractivity contribution in [3.05, 3.63) is 21.4 Å². The number of amidine groups is 1. The average molecular weight is 374 g/mol. The molecule has 6 nitrogen and oxygen atoms in total. The van der Waals surface area contributed by atoms with Gasteiger partial charge in [0.25, 0.3) is 5.91 Å². The molecule has 23 heavy (non-hydrogen) atoms. The van der Waals surface area contributed by atoms with Crippen LogP contribution in [0.3, 0.4) is 0 Å². The molecule has 1 aliphatic rings. The van der Waals surface area contributed by atoms with Gasteiger partial charge < -0.3 is 15.2 Å². The van der Waals surface area contributed by atoms with Gasteiger partial charge in [-0.1, -0.05) is 35.0 Å². The van der Waals surface area contributed by atoms with Crippen molar-refractivity contribution in [2.45, 2.75) is 25.8 Å². The van der Waals surface area contributed by atoms with Crippen LogP contribution in [0.2, 0.25) is 10.0 Å². The van der Waals surface area contributed by atoms with Crippen LogP contribution in [0.5, 0.6) is 0 Å². The number of aliphatic imine (C=N–C) groups is 1. The van der Waals surface area contributed by atoms with Crippen molar-refractivity contribution in [1.82, 2.24) is 15.2 Å². The second-order valence-electron chi connectivity index (χ2n) is 5.19. The number of rotatable bonds is 2. The SMILES string of the molecule is CSC(=NC#N)N1CCC(NC(=O)c2[nH]c(C)c(Cl)c2Cl)CC1. The fourth-order valence-corrected chi connectivity index (χ4v) is 3.48. The molecule has 0 saturated carbocycles. The Kier molecular flexibility index (Phi) is 6.22. The van der Waals surface area contributed by atoms with Crippen molar-refractivity contribution in [3.63, 3.8) is 0 Å². The number of hydrogen-bond donors (Lipinski definition) is 2. The number of nitrogens with one attached hydrogen (secondary N) is 2. The van der Waals surface area contributed by atoms with Crippen LogP contribution in [-0.2, 0) is 0 Å². The predicted molar refractivity (Wildman–Crippen MR) is 94.2 cm³/mol. The number of hydrogen-bond acceptors (Lipinski definition) is 4. The number of nitrogens with zero attached hydrogens (tertiary/aromatic N) is 3. The molecule has 1 saturated heterocycles. The van der Waals surface area contributed by atoms with Crippen molar-refractivity contribution >= 4 is 46.0 Å². The van der Waals surface area contributed by atoms with Gasteiger partial charge in [0.2, 0.25) is 6.19 Å². The molecule has 0 atom stereocenters. The zero-order chi connectivity index (χ0) is 17.0. The molecule has 2 heterocycles. The van der Waals surface area contributed by atoms with E-state index in [0.29, 0.717) is 21.6 Å². The number of carbonyl (C=O) groups is 1. The van der Waals surface area contributed by atoms with E-state index in [-0.39, 0.29) is 17.0 Å². The van der Waals surface area contributed by atoms with Gasteiger partial charge in [0.05, 0.1) is 10.0 Å². The Hall–Kier alpha value is -1.36. The minimum atomic E-state index is -0.251. The standard InChI is InChI=1S/C14H17Cl2N5OS/c1-8-10(15)11(16)12(19-8)13(22)20-9-3-5-21(6-4-9)14(23-2)18-7-17/h9,19H,3-6H2,1-2H3,(H,20,22). The lowest BCUT2D eigenvalue weighted by Crippen LogP contribution is -2.46. The number of nitriles is 1. The van der Waals surface area contributed by atoms with E-state index in [1.807, 2.05) is 12.4 Å². The maximum Gasteiger partial charge on any atom is 0.269 e.